The molecule has 1 aromatic heterocycles. The summed E-state index contributed by atoms with van der Waals surface area (Å²) in [5, 5.41) is 6.23. The highest BCUT2D eigenvalue weighted by molar-refractivity contribution is 5.94. The Bertz CT molecular complexity index is 1020. The fourth-order valence-corrected chi connectivity index (χ4v) is 3.61. The Morgan fingerprint density at radius 3 is 2.45 bits per heavy atom. The maximum absolute atomic E-state index is 12.3. The maximum atomic E-state index is 12.3. The molecule has 1 aliphatic heterocycles. The van der Waals surface area contributed by atoms with E-state index in [0.29, 0.717) is 24.2 Å². The van der Waals surface area contributed by atoms with Crippen molar-refractivity contribution in [2.45, 2.75) is 32.9 Å². The molecule has 160 valence electrons. The molecule has 1 fully saturated rings. The number of para-hydroxylation sites is 1. The number of rotatable bonds is 7. The summed E-state index contributed by atoms with van der Waals surface area (Å²) in [6.45, 7) is 6.87. The molecule has 0 bridgehead atoms. The molecule has 0 saturated carbocycles. The molecule has 31 heavy (non-hydrogen) atoms. The third-order valence-corrected chi connectivity index (χ3v) is 5.37. The summed E-state index contributed by atoms with van der Waals surface area (Å²) in [6.07, 6.45) is 1.68. The second-order valence-corrected chi connectivity index (χ2v) is 7.96. The second-order valence-electron chi connectivity index (χ2n) is 7.96. The minimum Gasteiger partial charge on any atom is -0.457 e. The molecule has 2 aromatic carbocycles. The van der Waals surface area contributed by atoms with Crippen LogP contribution in [-0.4, -0.2) is 28.6 Å². The highest BCUT2D eigenvalue weighted by Crippen LogP contribution is 2.26. The molecule has 0 aliphatic carbocycles. The zero-order valence-electron chi connectivity index (χ0n) is 17.9. The Labute approximate surface area is 182 Å². The van der Waals surface area contributed by atoms with Gasteiger partial charge < -0.3 is 15.4 Å². The largest absolute Gasteiger partial charge is 0.457 e. The van der Waals surface area contributed by atoms with Crippen molar-refractivity contribution in [2.24, 2.45) is 5.92 Å². The van der Waals surface area contributed by atoms with Crippen LogP contribution < -0.4 is 20.3 Å². The van der Waals surface area contributed by atoms with Gasteiger partial charge in [-0.25, -0.2) is 9.78 Å². The highest BCUT2D eigenvalue weighted by Gasteiger charge is 2.34. The Morgan fingerprint density at radius 1 is 1.03 bits per heavy atom. The van der Waals surface area contributed by atoms with E-state index in [0.717, 1.165) is 17.1 Å². The molecule has 7 heteroatoms. The predicted molar refractivity (Wildman–Crippen MR) is 122 cm³/mol. The van der Waals surface area contributed by atoms with E-state index < -0.39 is 0 Å². The van der Waals surface area contributed by atoms with Crippen molar-refractivity contribution in [3.8, 4) is 11.5 Å². The van der Waals surface area contributed by atoms with E-state index in [2.05, 4.69) is 34.4 Å². The fraction of sp³-hybridized carbons (Fsp3) is 0.292. The summed E-state index contributed by atoms with van der Waals surface area (Å²) >= 11 is 0. The molecular weight excluding hydrogens is 390 g/mol. The molecule has 2 heterocycles. The quantitative estimate of drug-likeness (QED) is 0.566. The minimum atomic E-state index is -0.120. The molecule has 4 rings (SSSR count). The van der Waals surface area contributed by atoms with Gasteiger partial charge in [-0.2, -0.15) is 4.98 Å². The average molecular weight is 418 g/mol. The second kappa shape index (κ2) is 9.04. The topological polar surface area (TPSA) is 79.4 Å². The molecule has 2 atom stereocenters. The van der Waals surface area contributed by atoms with Crippen LogP contribution in [0.4, 0.5) is 16.6 Å². The van der Waals surface area contributed by atoms with Crippen LogP contribution in [0.1, 0.15) is 32.4 Å². The summed E-state index contributed by atoms with van der Waals surface area (Å²) < 4.78 is 5.85. The van der Waals surface area contributed by atoms with Gasteiger partial charge in [0.1, 0.15) is 17.3 Å². The van der Waals surface area contributed by atoms with Gasteiger partial charge in [-0.15, -0.1) is 0 Å². The van der Waals surface area contributed by atoms with Crippen LogP contribution in [0.25, 0.3) is 0 Å². The van der Waals surface area contributed by atoms with Crippen molar-refractivity contribution in [2.75, 3.05) is 16.8 Å². The normalized spacial score (nSPS) is 16.8. The van der Waals surface area contributed by atoms with Crippen molar-refractivity contribution >= 4 is 17.8 Å². The lowest BCUT2D eigenvalue weighted by Gasteiger charge is -2.25. The zero-order valence-corrected chi connectivity index (χ0v) is 17.9. The highest BCUT2D eigenvalue weighted by atomic mass is 16.5. The van der Waals surface area contributed by atoms with E-state index in [4.69, 9.17) is 4.74 Å². The number of hydrogen-bond acceptors (Lipinski definition) is 5. The first-order chi connectivity index (χ1) is 15.0. The van der Waals surface area contributed by atoms with Gasteiger partial charge in [0.15, 0.2) is 0 Å². The molecule has 0 radical (unpaired) electrons. The molecular formula is C24H27N5O2. The Hall–Kier alpha value is -3.61. The Kier molecular flexibility index (Phi) is 6.02. The van der Waals surface area contributed by atoms with E-state index in [1.54, 1.807) is 17.2 Å². The summed E-state index contributed by atoms with van der Waals surface area (Å²) in [5.41, 5.74) is 1.08. The molecule has 1 saturated heterocycles. The monoisotopic (exact) mass is 417 g/mol. The first-order valence-corrected chi connectivity index (χ1v) is 10.5. The Balaban J connectivity index is 1.44. The number of carbonyl (C=O) groups is 1. The lowest BCUT2D eigenvalue weighted by atomic mass is 10.0. The molecule has 3 aromatic rings. The first kappa shape index (κ1) is 20.7. The SMILES string of the molecule is CC(Nc1nccc(N2C(=O)NC[C@@H]2C(C)C)n1)c1ccc(Oc2ccccc2)cc1. The third-order valence-electron chi connectivity index (χ3n) is 5.37. The number of anilines is 2. The molecule has 1 unspecified atom stereocenters. The van der Waals surface area contributed by atoms with Crippen molar-refractivity contribution in [1.82, 2.24) is 15.3 Å². The van der Waals surface area contributed by atoms with Crippen LogP contribution >= 0.6 is 0 Å². The van der Waals surface area contributed by atoms with Gasteiger partial charge in [0.25, 0.3) is 0 Å². The average Bonchev–Trinajstić information content (AvgIpc) is 3.17. The van der Waals surface area contributed by atoms with Crippen LogP contribution in [0, 0.1) is 5.92 Å². The zero-order chi connectivity index (χ0) is 21.8. The van der Waals surface area contributed by atoms with Gasteiger partial charge in [-0.1, -0.05) is 44.2 Å². The number of nitrogens with zero attached hydrogens (tertiary/aromatic N) is 3. The van der Waals surface area contributed by atoms with Gasteiger partial charge in [0.05, 0.1) is 12.1 Å². The first-order valence-electron chi connectivity index (χ1n) is 10.5. The van der Waals surface area contributed by atoms with Gasteiger partial charge in [-0.3, -0.25) is 4.90 Å². The van der Waals surface area contributed by atoms with Crippen LogP contribution in [0.15, 0.2) is 66.9 Å². The van der Waals surface area contributed by atoms with Gasteiger partial charge in [-0.05, 0) is 48.7 Å². The number of benzene rings is 2. The van der Waals surface area contributed by atoms with Crippen LogP contribution in [0.3, 0.4) is 0 Å². The smallest absolute Gasteiger partial charge is 0.323 e. The van der Waals surface area contributed by atoms with Crippen LogP contribution in [0.5, 0.6) is 11.5 Å². The summed E-state index contributed by atoms with van der Waals surface area (Å²) in [4.78, 5) is 23.0. The maximum Gasteiger partial charge on any atom is 0.323 e. The molecule has 2 N–H and O–H groups in total. The fourth-order valence-electron chi connectivity index (χ4n) is 3.61. The van der Waals surface area contributed by atoms with Crippen molar-refractivity contribution < 1.29 is 9.53 Å². The minimum absolute atomic E-state index is 0.0191. The van der Waals surface area contributed by atoms with Crippen molar-refractivity contribution in [3.63, 3.8) is 0 Å². The van der Waals surface area contributed by atoms with Gasteiger partial charge in [0.2, 0.25) is 5.95 Å². The number of carbonyl (C=O) groups excluding carboxylic acids is 1. The lowest BCUT2D eigenvalue weighted by molar-refractivity contribution is 0.251. The standard InChI is InChI=1S/C24H27N5O2/c1-16(2)21-15-26-24(30)29(21)22-13-14-25-23(28-22)27-17(3)18-9-11-20(12-10-18)31-19-7-5-4-6-8-19/h4-14,16-17,21H,15H2,1-3H3,(H,26,30)(H,25,27,28)/t17?,21-/m1/s1. The third kappa shape index (κ3) is 4.77. The van der Waals surface area contributed by atoms with Crippen LogP contribution in [-0.2, 0) is 0 Å². The molecule has 0 spiro atoms. The van der Waals surface area contributed by atoms with Gasteiger partial charge in [0, 0.05) is 12.7 Å². The molecule has 2 amide bonds. The summed E-state index contributed by atoms with van der Waals surface area (Å²) in [5.74, 6) is 2.99. The van der Waals surface area contributed by atoms with E-state index in [-0.39, 0.29) is 18.1 Å². The van der Waals surface area contributed by atoms with E-state index >= 15 is 0 Å². The van der Waals surface area contributed by atoms with Crippen molar-refractivity contribution in [3.05, 3.63) is 72.4 Å². The van der Waals surface area contributed by atoms with Crippen molar-refractivity contribution in [1.29, 1.82) is 0 Å². The molecule has 1 aliphatic rings. The number of hydrogen-bond donors (Lipinski definition) is 2. The number of urea groups is 1. The van der Waals surface area contributed by atoms with E-state index in [1.807, 2.05) is 61.5 Å². The van der Waals surface area contributed by atoms with Gasteiger partial charge >= 0.3 is 6.03 Å². The number of nitrogens with one attached hydrogen (secondary N) is 2. The summed E-state index contributed by atoms with van der Waals surface area (Å²) in [6, 6.07) is 19.3. The van der Waals surface area contributed by atoms with E-state index in [1.165, 1.54) is 0 Å². The predicted octanol–water partition coefficient (Wildman–Crippen LogP) is 5.00. The number of aromatic nitrogens is 2. The van der Waals surface area contributed by atoms with Crippen LogP contribution in [0.2, 0.25) is 0 Å². The number of ether oxygens (including phenoxy) is 1. The lowest BCUT2D eigenvalue weighted by Crippen LogP contribution is -2.38. The van der Waals surface area contributed by atoms with E-state index in [9.17, 15) is 4.79 Å². The summed E-state index contributed by atoms with van der Waals surface area (Å²) in [7, 11) is 0. The molecule has 7 nitrogen and oxygen atoms in total. The Morgan fingerprint density at radius 2 is 1.74 bits per heavy atom. The number of amides is 2.